The van der Waals surface area contributed by atoms with Gasteiger partial charge in [0.1, 0.15) is 49.3 Å². The molecule has 4 heterocycles. The first-order chi connectivity index (χ1) is 28.7. The van der Waals surface area contributed by atoms with Gasteiger partial charge in [0.15, 0.2) is 0 Å². The van der Waals surface area contributed by atoms with Crippen molar-refractivity contribution >= 4 is 23.5 Å². The minimum absolute atomic E-state index is 0.0199. The minimum Gasteiger partial charge on any atom is -0.462 e. The van der Waals surface area contributed by atoms with Crippen molar-refractivity contribution in [3.63, 3.8) is 0 Å². The Labute approximate surface area is 371 Å². The summed E-state index contributed by atoms with van der Waals surface area (Å²) >= 11 is 0. The van der Waals surface area contributed by atoms with E-state index in [1.165, 1.54) is 16.8 Å². The van der Waals surface area contributed by atoms with E-state index in [1.54, 1.807) is 31.2 Å². The van der Waals surface area contributed by atoms with E-state index in [0.717, 1.165) is 16.8 Å². The topological polar surface area (TPSA) is 42.4 Å². The number of allylic oxidation sites excluding steroid dienone is 10. The number of hydrogen-bond acceptors (Lipinski definition) is 4. The highest BCUT2D eigenvalue weighted by Gasteiger charge is 2.66. The molecule has 2 aromatic rings. The van der Waals surface area contributed by atoms with E-state index in [-0.39, 0.29) is 44.4 Å². The zero-order valence-electron chi connectivity index (χ0n) is 39.6. The number of rotatable bonds is 5. The molecule has 4 aliphatic rings. The summed E-state index contributed by atoms with van der Waals surface area (Å²) in [6.07, 6.45) is 14.8. The van der Waals surface area contributed by atoms with Gasteiger partial charge in [0.05, 0.1) is 11.1 Å². The van der Waals surface area contributed by atoms with Gasteiger partial charge in [-0.15, -0.1) is 0 Å². The Morgan fingerprint density at radius 2 is 0.919 bits per heavy atom. The molecule has 0 unspecified atom stereocenters. The van der Waals surface area contributed by atoms with Crippen LogP contribution in [0.15, 0.2) is 119 Å². The van der Waals surface area contributed by atoms with Crippen LogP contribution in [-0.2, 0) is 20.3 Å². The van der Waals surface area contributed by atoms with Gasteiger partial charge in [-0.05, 0) is 146 Å². The summed E-state index contributed by atoms with van der Waals surface area (Å²) in [5.41, 5.74) is 8.31. The molecule has 320 valence electrons. The van der Waals surface area contributed by atoms with Crippen molar-refractivity contribution in [1.29, 1.82) is 0 Å². The summed E-state index contributed by atoms with van der Waals surface area (Å²) in [6, 6.07) is 12.9. The van der Waals surface area contributed by atoms with Crippen molar-refractivity contribution in [3.05, 3.63) is 187 Å². The Morgan fingerprint density at radius 3 is 1.27 bits per heavy atom. The van der Waals surface area contributed by atoms with E-state index < -0.39 is 0 Å². The summed E-state index contributed by atoms with van der Waals surface area (Å²) in [5, 5.41) is 0. The first-order valence-electron chi connectivity index (χ1n) is 21.0. The third kappa shape index (κ3) is 7.81. The monoisotopic (exact) mass is 826 g/mol. The summed E-state index contributed by atoms with van der Waals surface area (Å²) in [5.74, 6) is 2.68. The number of hydrogen-bond donors (Lipinski definition) is 0. The number of ether oxygens (including phenoxy) is 2. The van der Waals surface area contributed by atoms with Crippen LogP contribution in [0, 0.1) is 37.1 Å². The van der Waals surface area contributed by atoms with Crippen LogP contribution in [0.3, 0.4) is 0 Å². The van der Waals surface area contributed by atoms with E-state index in [2.05, 4.69) is 126 Å². The van der Waals surface area contributed by atoms with E-state index in [9.17, 15) is 0 Å². The maximum Gasteiger partial charge on any atom is 0.526 e. The summed E-state index contributed by atoms with van der Waals surface area (Å²) < 4.78 is 11.6. The molecule has 0 spiro atoms. The molecule has 0 aromatic heterocycles. The maximum atomic E-state index is 7.35. The molecule has 0 saturated carbocycles. The third-order valence-corrected chi connectivity index (χ3v) is 15.1. The standard InChI is InChI=1S/C35H45N3O.C19H17N3O/c1-22-18-24(29(36-14)37-15)21-25(39-22)17-16-23-19-26-28-27(20-23)31(4,5)33(8,9)35(12,13)38(28)34(10,11)32(6,7)30(26,2)3;1-14-12-16(19(20-2)21-3)13-18(23-14)11-8-15-6-9-17(10-7-15)22(4)5/h16-21H,1-13H3;6-13H,1,4-5H3/b17-16+;11-8+. The molecule has 0 saturated heterocycles. The molecule has 0 amide bonds. The van der Waals surface area contributed by atoms with Gasteiger partial charge >= 0.3 is 11.6 Å². The Balaban J connectivity index is 0.000000269. The highest BCUT2D eigenvalue weighted by atomic mass is 16.5. The molecule has 0 N–H and O–H groups in total. The zero-order chi connectivity index (χ0) is 46.4. The molecular formula is C54H62N6O2. The van der Waals surface area contributed by atoms with Crippen molar-refractivity contribution in [2.45, 2.75) is 119 Å². The second-order valence-electron chi connectivity index (χ2n) is 19.9. The van der Waals surface area contributed by atoms with Crippen LogP contribution in [0.1, 0.15) is 119 Å². The maximum absolute atomic E-state index is 7.35. The van der Waals surface area contributed by atoms with Crippen LogP contribution < -0.4 is 9.80 Å². The van der Waals surface area contributed by atoms with Gasteiger partial charge < -0.3 is 19.3 Å². The van der Waals surface area contributed by atoms with Crippen molar-refractivity contribution in [2.75, 3.05) is 23.9 Å². The van der Waals surface area contributed by atoms with Crippen LogP contribution >= 0.6 is 0 Å². The van der Waals surface area contributed by atoms with Crippen molar-refractivity contribution in [2.24, 2.45) is 10.8 Å². The van der Waals surface area contributed by atoms with Gasteiger partial charge in [-0.1, -0.05) is 79.7 Å². The average Bonchev–Trinajstić information content (AvgIpc) is 3.19. The molecule has 62 heavy (non-hydrogen) atoms. The van der Waals surface area contributed by atoms with Crippen LogP contribution in [0.2, 0.25) is 0 Å². The first kappa shape index (κ1) is 46.6. The summed E-state index contributed by atoms with van der Waals surface area (Å²) in [7, 11) is 4.00. The molecule has 8 nitrogen and oxygen atoms in total. The smallest absolute Gasteiger partial charge is 0.462 e. The Morgan fingerprint density at radius 1 is 0.548 bits per heavy atom. The normalized spacial score (nSPS) is 20.4. The van der Waals surface area contributed by atoms with Crippen LogP contribution in [0.5, 0.6) is 0 Å². The Kier molecular flexibility index (Phi) is 12.3. The predicted octanol–water partition coefficient (Wildman–Crippen LogP) is 14.2. The fourth-order valence-corrected chi connectivity index (χ4v) is 9.25. The largest absolute Gasteiger partial charge is 0.526 e. The van der Waals surface area contributed by atoms with Crippen molar-refractivity contribution in [3.8, 4) is 0 Å². The lowest BCUT2D eigenvalue weighted by Gasteiger charge is -2.73. The molecule has 6 rings (SSSR count). The van der Waals surface area contributed by atoms with Gasteiger partial charge in [-0.2, -0.15) is 19.4 Å². The van der Waals surface area contributed by atoms with Crippen LogP contribution in [0.25, 0.3) is 31.5 Å². The van der Waals surface area contributed by atoms with Gasteiger partial charge in [0.25, 0.3) is 0 Å². The SMILES string of the molecule is [C-]#[N+]C([N+]#[C-])=C1C=C(C)OC(/C=C/c2cc3c4c(c2)C(C)(C)C(C)(C)C(C)(C)N4C(C)(C)C(C)(C)C3(C)C)=C1.[C-]#[N+]C([N+]#[C-])=C1C=C(C)OC(/C=C/c2ccc(N(C)C)cc2)=C1. The van der Waals surface area contributed by atoms with Crippen LogP contribution in [0.4, 0.5) is 11.4 Å². The molecule has 8 heteroatoms. The highest BCUT2D eigenvalue weighted by Crippen LogP contribution is 2.68. The summed E-state index contributed by atoms with van der Waals surface area (Å²) in [4.78, 5) is 18.1. The van der Waals surface area contributed by atoms with Crippen molar-refractivity contribution in [1.82, 2.24) is 0 Å². The lowest BCUT2D eigenvalue weighted by Crippen LogP contribution is -2.76. The quantitative estimate of drug-likeness (QED) is 0.282. The highest BCUT2D eigenvalue weighted by molar-refractivity contribution is 5.76. The lowest BCUT2D eigenvalue weighted by molar-refractivity contribution is 0.000833. The molecule has 0 fully saturated rings. The molecule has 0 aliphatic carbocycles. The van der Waals surface area contributed by atoms with E-state index >= 15 is 0 Å². The lowest BCUT2D eigenvalue weighted by atomic mass is 9.46. The van der Waals surface area contributed by atoms with Gasteiger partial charge in [-0.3, -0.25) is 0 Å². The van der Waals surface area contributed by atoms with Gasteiger partial charge in [0.2, 0.25) is 0 Å². The van der Waals surface area contributed by atoms with Crippen molar-refractivity contribution < 1.29 is 9.47 Å². The number of nitrogens with zero attached hydrogens (tertiary/aromatic N) is 6. The van der Waals surface area contributed by atoms with Crippen LogP contribution in [-0.4, -0.2) is 25.2 Å². The second kappa shape index (κ2) is 16.4. The molecule has 4 aliphatic heterocycles. The average molecular weight is 827 g/mol. The van der Waals surface area contributed by atoms with E-state index in [1.807, 2.05) is 68.4 Å². The fraction of sp³-hybridized carbons (Fsp3) is 0.407. The van der Waals surface area contributed by atoms with Gasteiger partial charge in [-0.25, -0.2) is 0 Å². The Hall–Kier alpha value is -6.48. The van der Waals surface area contributed by atoms with E-state index in [4.69, 9.17) is 35.8 Å². The predicted molar refractivity (Wildman–Crippen MR) is 256 cm³/mol. The molecule has 0 bridgehead atoms. The third-order valence-electron chi connectivity index (χ3n) is 15.1. The minimum atomic E-state index is -0.0796. The second-order valence-corrected chi connectivity index (χ2v) is 19.9. The molecule has 0 atom stereocenters. The molecule has 2 aromatic carbocycles. The first-order valence-corrected chi connectivity index (χ1v) is 21.0. The zero-order valence-corrected chi connectivity index (χ0v) is 39.6. The fourth-order valence-electron chi connectivity index (χ4n) is 9.25. The Bertz CT molecular complexity index is 2510. The molecular weight excluding hydrogens is 765 g/mol. The number of benzene rings is 2. The number of anilines is 2. The molecule has 0 radical (unpaired) electrons. The van der Waals surface area contributed by atoms with Gasteiger partial charge in [0, 0.05) is 36.5 Å². The van der Waals surface area contributed by atoms with E-state index in [0.29, 0.717) is 34.2 Å². The summed E-state index contributed by atoms with van der Waals surface area (Å²) in [6.45, 7) is 61.5.